The molecule has 5 rings (SSSR count). The molecule has 0 unspecified atom stereocenters. The largest absolute Gasteiger partial charge is 0.726 e. The number of hydrogen-bond acceptors (Lipinski definition) is 7. The molecule has 1 aromatic heterocycles. The topological polar surface area (TPSA) is 89.2 Å². The highest BCUT2D eigenvalue weighted by Crippen LogP contribution is 2.35. The molecule has 2 heterocycles. The molecule has 4 aromatic rings. The summed E-state index contributed by atoms with van der Waals surface area (Å²) in [5.41, 5.74) is 4.72. The third-order valence-electron chi connectivity index (χ3n) is 6.36. The number of hydrogen-bond donors (Lipinski definition) is 0. The molecule has 0 aliphatic carbocycles. The maximum Gasteiger partial charge on any atom is 0.225 e. The van der Waals surface area contributed by atoms with Crippen molar-refractivity contribution >= 4 is 49.7 Å². The maximum absolute atomic E-state index is 9.22. The fourth-order valence-electron chi connectivity index (χ4n) is 4.48. The monoisotopic (exact) mass is 506 g/mol. The van der Waals surface area contributed by atoms with Gasteiger partial charge in [0.2, 0.25) is 21.6 Å². The smallest absolute Gasteiger partial charge is 0.225 e. The first-order valence-corrected chi connectivity index (χ1v) is 13.1. The van der Waals surface area contributed by atoms with Gasteiger partial charge in [-0.3, -0.25) is 9.19 Å². The maximum atomic E-state index is 9.22. The van der Waals surface area contributed by atoms with Crippen LogP contribution in [0, 0.1) is 0 Å². The van der Waals surface area contributed by atoms with E-state index in [1.165, 1.54) is 40.2 Å². The lowest BCUT2D eigenvalue weighted by molar-refractivity contribution is -0.645. The molecular formula is C27H30N4O4S. The van der Waals surface area contributed by atoms with Crippen molar-refractivity contribution in [2.24, 2.45) is 12.1 Å². The Kier molecular flexibility index (Phi) is 7.83. The van der Waals surface area contributed by atoms with Crippen molar-refractivity contribution in [3.8, 4) is 0 Å². The van der Waals surface area contributed by atoms with Crippen molar-refractivity contribution in [1.29, 1.82) is 0 Å². The third-order valence-corrected chi connectivity index (χ3v) is 6.77. The Labute approximate surface area is 212 Å². The lowest BCUT2D eigenvalue weighted by Gasteiger charge is -2.23. The van der Waals surface area contributed by atoms with Crippen LogP contribution in [0.4, 0.5) is 11.4 Å². The number of para-hydroxylation sites is 1. The normalized spacial score (nSPS) is 13.8. The van der Waals surface area contributed by atoms with Gasteiger partial charge in [-0.1, -0.05) is 36.4 Å². The Hall–Kier alpha value is -3.53. The van der Waals surface area contributed by atoms with Gasteiger partial charge in [0.05, 0.1) is 12.8 Å². The third kappa shape index (κ3) is 5.81. The molecule has 0 radical (unpaired) electrons. The standard InChI is InChI=1S/C26H27N4.CH4O4S/c1-28-21(14-13-20-9-3-6-12-24(20)28)19-27-29(2)25-15-16-26(30-17-7-8-18-30)23-11-5-4-10-22(23)25;1-5-6(2,3)4/h3-6,9-16,19H,7-8,17-18H2,1-2H3;1H3,(H,2,3,4)/q+1;/p-1. The second kappa shape index (κ2) is 11.0. The van der Waals surface area contributed by atoms with E-state index in [4.69, 9.17) is 5.10 Å². The van der Waals surface area contributed by atoms with E-state index in [1.807, 2.05) is 18.3 Å². The molecule has 0 atom stereocenters. The van der Waals surface area contributed by atoms with Crippen molar-refractivity contribution < 1.29 is 21.7 Å². The van der Waals surface area contributed by atoms with Crippen LogP contribution in [-0.4, -0.2) is 46.4 Å². The van der Waals surface area contributed by atoms with Gasteiger partial charge in [0.1, 0.15) is 13.3 Å². The predicted molar refractivity (Wildman–Crippen MR) is 143 cm³/mol. The van der Waals surface area contributed by atoms with Crippen molar-refractivity contribution in [3.63, 3.8) is 0 Å². The van der Waals surface area contributed by atoms with Crippen LogP contribution in [0.1, 0.15) is 18.5 Å². The van der Waals surface area contributed by atoms with Gasteiger partial charge in [0.25, 0.3) is 0 Å². The minimum atomic E-state index is -4.41. The Balaban J connectivity index is 0.000000455. The number of anilines is 2. The minimum absolute atomic E-state index is 0.808. The lowest BCUT2D eigenvalue weighted by Crippen LogP contribution is -2.34. The summed E-state index contributed by atoms with van der Waals surface area (Å²) in [5, 5.41) is 10.5. The second-order valence-corrected chi connectivity index (χ2v) is 9.71. The molecule has 0 amide bonds. The van der Waals surface area contributed by atoms with Crippen LogP contribution in [0.5, 0.6) is 0 Å². The SMILES string of the molecule is CN(/N=C/c1ccc2ccccc2[n+]1C)c1ccc(N2CCCC2)c2ccccc12.COS(=O)(=O)[O-]. The average molecular weight is 507 g/mol. The second-order valence-electron chi connectivity index (χ2n) is 8.56. The molecule has 188 valence electrons. The fourth-order valence-corrected chi connectivity index (χ4v) is 4.48. The van der Waals surface area contributed by atoms with Gasteiger partial charge in [0.15, 0.2) is 0 Å². The van der Waals surface area contributed by atoms with Gasteiger partial charge in [-0.25, -0.2) is 8.42 Å². The number of rotatable bonds is 5. The molecule has 8 nitrogen and oxygen atoms in total. The van der Waals surface area contributed by atoms with Gasteiger partial charge in [-0.05, 0) is 37.1 Å². The molecule has 0 saturated carbocycles. The van der Waals surface area contributed by atoms with Crippen LogP contribution in [0.25, 0.3) is 21.7 Å². The van der Waals surface area contributed by atoms with E-state index < -0.39 is 10.4 Å². The van der Waals surface area contributed by atoms with Gasteiger partial charge in [-0.2, -0.15) is 9.67 Å². The first kappa shape index (κ1) is 25.6. The molecule has 1 aliphatic rings. The number of aromatic nitrogens is 1. The highest BCUT2D eigenvalue weighted by molar-refractivity contribution is 7.80. The highest BCUT2D eigenvalue weighted by atomic mass is 32.3. The van der Waals surface area contributed by atoms with Gasteiger partial charge < -0.3 is 9.45 Å². The van der Waals surface area contributed by atoms with E-state index >= 15 is 0 Å². The van der Waals surface area contributed by atoms with E-state index in [0.717, 1.165) is 31.6 Å². The van der Waals surface area contributed by atoms with E-state index in [9.17, 15) is 13.0 Å². The van der Waals surface area contributed by atoms with Gasteiger partial charge in [0, 0.05) is 54.1 Å². The molecule has 0 N–H and O–H groups in total. The number of hydrazone groups is 1. The molecular weight excluding hydrogens is 476 g/mol. The van der Waals surface area contributed by atoms with Crippen molar-refractivity contribution in [2.75, 3.05) is 37.2 Å². The number of benzene rings is 3. The summed E-state index contributed by atoms with van der Waals surface area (Å²) in [4.78, 5) is 2.50. The van der Waals surface area contributed by atoms with E-state index in [1.54, 1.807) is 0 Å². The number of aryl methyl sites for hydroxylation is 1. The predicted octanol–water partition coefficient (Wildman–Crippen LogP) is 3.98. The summed E-state index contributed by atoms with van der Waals surface area (Å²) in [6.07, 6.45) is 4.50. The zero-order chi connectivity index (χ0) is 25.7. The Morgan fingerprint density at radius 2 is 1.61 bits per heavy atom. The highest BCUT2D eigenvalue weighted by Gasteiger charge is 2.17. The van der Waals surface area contributed by atoms with Crippen LogP contribution in [-0.2, 0) is 21.6 Å². The molecule has 0 bridgehead atoms. The van der Waals surface area contributed by atoms with E-state index in [2.05, 4.69) is 93.5 Å². The van der Waals surface area contributed by atoms with Crippen molar-refractivity contribution in [1.82, 2.24) is 0 Å². The first-order chi connectivity index (χ1) is 17.3. The summed E-state index contributed by atoms with van der Waals surface area (Å²) in [7, 11) is 0.506. The minimum Gasteiger partial charge on any atom is -0.726 e. The van der Waals surface area contributed by atoms with Crippen LogP contribution < -0.4 is 14.5 Å². The average Bonchev–Trinajstić information content (AvgIpc) is 3.42. The zero-order valence-corrected chi connectivity index (χ0v) is 21.5. The molecule has 1 aliphatic heterocycles. The number of nitrogens with zero attached hydrogens (tertiary/aromatic N) is 4. The zero-order valence-electron chi connectivity index (χ0n) is 20.7. The number of pyridine rings is 1. The summed E-state index contributed by atoms with van der Waals surface area (Å²) in [6, 6.07) is 25.8. The fraction of sp³-hybridized carbons (Fsp3) is 0.259. The Morgan fingerprint density at radius 3 is 2.31 bits per heavy atom. The van der Waals surface area contributed by atoms with Crippen LogP contribution in [0.2, 0.25) is 0 Å². The quantitative estimate of drug-likeness (QED) is 0.134. The Bertz CT molecular complexity index is 1500. The van der Waals surface area contributed by atoms with Crippen LogP contribution in [0.15, 0.2) is 77.9 Å². The molecule has 1 saturated heterocycles. The molecule has 1 fully saturated rings. The van der Waals surface area contributed by atoms with Crippen molar-refractivity contribution in [2.45, 2.75) is 12.8 Å². The van der Waals surface area contributed by atoms with E-state index in [-0.39, 0.29) is 0 Å². The first-order valence-electron chi connectivity index (χ1n) is 11.7. The van der Waals surface area contributed by atoms with E-state index in [0.29, 0.717) is 0 Å². The van der Waals surface area contributed by atoms with Crippen LogP contribution in [0.3, 0.4) is 0 Å². The van der Waals surface area contributed by atoms with Crippen molar-refractivity contribution in [3.05, 3.63) is 78.5 Å². The van der Waals surface area contributed by atoms with Crippen LogP contribution >= 0.6 is 0 Å². The van der Waals surface area contributed by atoms with Gasteiger partial charge >= 0.3 is 0 Å². The summed E-state index contributed by atoms with van der Waals surface area (Å²) < 4.78 is 33.2. The Morgan fingerprint density at radius 1 is 0.972 bits per heavy atom. The molecule has 36 heavy (non-hydrogen) atoms. The summed E-state index contributed by atoms with van der Waals surface area (Å²) in [6.45, 7) is 2.30. The molecule has 3 aromatic carbocycles. The summed E-state index contributed by atoms with van der Waals surface area (Å²) in [5.74, 6) is 0. The molecule has 9 heteroatoms. The van der Waals surface area contributed by atoms with Gasteiger partial charge in [-0.15, -0.1) is 0 Å². The molecule has 0 spiro atoms. The summed E-state index contributed by atoms with van der Waals surface area (Å²) >= 11 is 0. The number of fused-ring (bicyclic) bond motifs is 2. The lowest BCUT2D eigenvalue weighted by atomic mass is 10.1.